The van der Waals surface area contributed by atoms with E-state index in [4.69, 9.17) is 0 Å². The van der Waals surface area contributed by atoms with E-state index in [1.165, 1.54) is 43.2 Å². The molecule has 28 heavy (non-hydrogen) atoms. The van der Waals surface area contributed by atoms with Crippen molar-refractivity contribution in [3.8, 4) is 0 Å². The SMILES string of the molecule is CCCN1CC[C@@H](c2ccc(NS(=O)(=O)c3ccc(C4CCC4)cc3)cc2)C1. The Labute approximate surface area is 169 Å². The van der Waals surface area contributed by atoms with Crippen LogP contribution in [0, 0.1) is 0 Å². The van der Waals surface area contributed by atoms with Crippen LogP contribution in [-0.2, 0) is 10.0 Å². The van der Waals surface area contributed by atoms with E-state index in [1.54, 1.807) is 12.1 Å². The van der Waals surface area contributed by atoms with Crippen molar-refractivity contribution in [1.29, 1.82) is 0 Å². The molecule has 4 nitrogen and oxygen atoms in total. The molecule has 1 atom stereocenters. The van der Waals surface area contributed by atoms with Gasteiger partial charge in [-0.15, -0.1) is 0 Å². The van der Waals surface area contributed by atoms with Gasteiger partial charge in [0.25, 0.3) is 10.0 Å². The molecule has 5 heteroatoms. The van der Waals surface area contributed by atoms with E-state index in [0.717, 1.165) is 19.6 Å². The highest BCUT2D eigenvalue weighted by Gasteiger charge is 2.23. The fourth-order valence-electron chi connectivity index (χ4n) is 4.32. The van der Waals surface area contributed by atoms with Gasteiger partial charge in [-0.25, -0.2) is 8.42 Å². The molecule has 1 saturated heterocycles. The molecule has 1 N–H and O–H groups in total. The molecule has 1 heterocycles. The Kier molecular flexibility index (Phi) is 5.74. The minimum absolute atomic E-state index is 0.325. The Morgan fingerprint density at radius 3 is 2.18 bits per heavy atom. The van der Waals surface area contributed by atoms with Crippen LogP contribution in [0.3, 0.4) is 0 Å². The molecule has 0 radical (unpaired) electrons. The predicted octanol–water partition coefficient (Wildman–Crippen LogP) is 4.95. The average Bonchev–Trinajstić information content (AvgIpc) is 3.10. The maximum atomic E-state index is 12.7. The number of likely N-dealkylation sites (tertiary alicyclic amines) is 1. The van der Waals surface area contributed by atoms with Crippen molar-refractivity contribution in [2.75, 3.05) is 24.4 Å². The van der Waals surface area contributed by atoms with Crippen molar-refractivity contribution in [1.82, 2.24) is 4.90 Å². The van der Waals surface area contributed by atoms with Gasteiger partial charge in [0.15, 0.2) is 0 Å². The first-order chi connectivity index (χ1) is 13.5. The lowest BCUT2D eigenvalue weighted by Crippen LogP contribution is -2.20. The third-order valence-electron chi connectivity index (χ3n) is 6.21. The van der Waals surface area contributed by atoms with Gasteiger partial charge < -0.3 is 4.90 Å². The Morgan fingerprint density at radius 1 is 0.929 bits per heavy atom. The van der Waals surface area contributed by atoms with Gasteiger partial charge in [-0.2, -0.15) is 0 Å². The van der Waals surface area contributed by atoms with Crippen molar-refractivity contribution in [3.63, 3.8) is 0 Å². The van der Waals surface area contributed by atoms with E-state index >= 15 is 0 Å². The standard InChI is InChI=1S/C23H30N2O2S/c1-2-15-25-16-14-21(17-25)20-6-10-22(11-7-20)24-28(26,27)23-12-8-19(9-13-23)18-4-3-5-18/h6-13,18,21,24H,2-5,14-17H2,1H3/t21-/m1/s1. The highest BCUT2D eigenvalue weighted by Crippen LogP contribution is 2.36. The molecule has 0 spiro atoms. The summed E-state index contributed by atoms with van der Waals surface area (Å²) in [5.74, 6) is 1.16. The third kappa shape index (κ3) is 4.26. The van der Waals surface area contributed by atoms with Crippen molar-refractivity contribution in [2.45, 2.75) is 55.8 Å². The van der Waals surface area contributed by atoms with Crippen LogP contribution in [0.25, 0.3) is 0 Å². The number of benzene rings is 2. The Balaban J connectivity index is 1.40. The van der Waals surface area contributed by atoms with Gasteiger partial charge in [0, 0.05) is 12.2 Å². The zero-order valence-corrected chi connectivity index (χ0v) is 17.4. The van der Waals surface area contributed by atoms with Crippen molar-refractivity contribution in [3.05, 3.63) is 59.7 Å². The molecule has 2 aromatic rings. The van der Waals surface area contributed by atoms with Gasteiger partial charge in [0.1, 0.15) is 0 Å². The predicted molar refractivity (Wildman–Crippen MR) is 114 cm³/mol. The Bertz CT molecular complexity index is 887. The summed E-state index contributed by atoms with van der Waals surface area (Å²) in [5, 5.41) is 0. The fourth-order valence-corrected chi connectivity index (χ4v) is 5.38. The second-order valence-electron chi connectivity index (χ2n) is 8.21. The maximum absolute atomic E-state index is 12.7. The zero-order chi connectivity index (χ0) is 19.6. The second kappa shape index (κ2) is 8.26. The molecule has 1 aliphatic heterocycles. The molecule has 1 saturated carbocycles. The first-order valence-corrected chi connectivity index (χ1v) is 12.0. The normalized spacial score (nSPS) is 20.8. The molecule has 150 valence electrons. The minimum Gasteiger partial charge on any atom is -0.303 e. The van der Waals surface area contributed by atoms with Crippen LogP contribution in [0.1, 0.15) is 62.0 Å². The first-order valence-electron chi connectivity index (χ1n) is 10.5. The van der Waals surface area contributed by atoms with Gasteiger partial charge in [-0.1, -0.05) is 37.6 Å². The van der Waals surface area contributed by atoms with Crippen LogP contribution >= 0.6 is 0 Å². The summed E-state index contributed by atoms with van der Waals surface area (Å²) in [4.78, 5) is 2.83. The van der Waals surface area contributed by atoms with E-state index in [1.807, 2.05) is 24.3 Å². The average molecular weight is 399 g/mol. The first kappa shape index (κ1) is 19.5. The highest BCUT2D eigenvalue weighted by molar-refractivity contribution is 7.92. The molecule has 1 aliphatic carbocycles. The van der Waals surface area contributed by atoms with E-state index in [0.29, 0.717) is 22.4 Å². The monoisotopic (exact) mass is 398 g/mol. The van der Waals surface area contributed by atoms with Crippen molar-refractivity contribution >= 4 is 15.7 Å². The summed E-state index contributed by atoms with van der Waals surface area (Å²) < 4.78 is 28.1. The summed E-state index contributed by atoms with van der Waals surface area (Å²) in [6.07, 6.45) is 6.08. The Morgan fingerprint density at radius 2 is 1.57 bits per heavy atom. The van der Waals surface area contributed by atoms with Crippen LogP contribution < -0.4 is 4.72 Å². The summed E-state index contributed by atoms with van der Waals surface area (Å²) in [6.45, 7) is 5.64. The highest BCUT2D eigenvalue weighted by atomic mass is 32.2. The van der Waals surface area contributed by atoms with Gasteiger partial charge >= 0.3 is 0 Å². The summed E-state index contributed by atoms with van der Waals surface area (Å²) in [5.41, 5.74) is 3.17. The smallest absolute Gasteiger partial charge is 0.261 e. The summed E-state index contributed by atoms with van der Waals surface area (Å²) >= 11 is 0. The fraction of sp³-hybridized carbons (Fsp3) is 0.478. The second-order valence-corrected chi connectivity index (χ2v) is 9.89. The largest absolute Gasteiger partial charge is 0.303 e. The molecule has 0 bridgehead atoms. The van der Waals surface area contributed by atoms with Gasteiger partial charge in [-0.3, -0.25) is 4.72 Å². The molecule has 0 unspecified atom stereocenters. The maximum Gasteiger partial charge on any atom is 0.261 e. The lowest BCUT2D eigenvalue weighted by Gasteiger charge is -2.25. The number of hydrogen-bond acceptors (Lipinski definition) is 3. The lowest BCUT2D eigenvalue weighted by atomic mass is 9.80. The van der Waals surface area contributed by atoms with Crippen LogP contribution in [0.4, 0.5) is 5.69 Å². The van der Waals surface area contributed by atoms with Gasteiger partial charge in [0.05, 0.1) is 4.90 Å². The molecule has 2 aliphatic rings. The third-order valence-corrected chi connectivity index (χ3v) is 7.61. The molecule has 2 fully saturated rings. The molecule has 2 aromatic carbocycles. The van der Waals surface area contributed by atoms with Gasteiger partial charge in [0.2, 0.25) is 0 Å². The topological polar surface area (TPSA) is 49.4 Å². The minimum atomic E-state index is -3.55. The number of sulfonamides is 1. The van der Waals surface area contributed by atoms with E-state index in [-0.39, 0.29) is 0 Å². The Hall–Kier alpha value is -1.85. The van der Waals surface area contributed by atoms with Crippen LogP contribution in [0.2, 0.25) is 0 Å². The number of rotatable bonds is 7. The molecular formula is C23H30N2O2S. The van der Waals surface area contributed by atoms with Crippen LogP contribution in [0.15, 0.2) is 53.4 Å². The summed E-state index contributed by atoms with van der Waals surface area (Å²) in [6, 6.07) is 15.3. The van der Waals surface area contributed by atoms with Crippen molar-refractivity contribution in [2.24, 2.45) is 0 Å². The molecular weight excluding hydrogens is 368 g/mol. The van der Waals surface area contributed by atoms with Crippen LogP contribution in [-0.4, -0.2) is 33.0 Å². The number of nitrogens with zero attached hydrogens (tertiary/aromatic N) is 1. The molecule has 4 rings (SSSR count). The number of anilines is 1. The molecule has 0 amide bonds. The summed E-state index contributed by atoms with van der Waals surface area (Å²) in [7, 11) is -3.55. The quantitative estimate of drug-likeness (QED) is 0.717. The lowest BCUT2D eigenvalue weighted by molar-refractivity contribution is 0.335. The van der Waals surface area contributed by atoms with E-state index < -0.39 is 10.0 Å². The molecule has 0 aromatic heterocycles. The van der Waals surface area contributed by atoms with Crippen LogP contribution in [0.5, 0.6) is 0 Å². The number of nitrogens with one attached hydrogen (secondary N) is 1. The van der Waals surface area contributed by atoms with E-state index in [2.05, 4.69) is 28.7 Å². The zero-order valence-electron chi connectivity index (χ0n) is 16.6. The number of hydrogen-bond donors (Lipinski definition) is 1. The van der Waals surface area contributed by atoms with Gasteiger partial charge in [-0.05, 0) is 86.0 Å². The van der Waals surface area contributed by atoms with E-state index in [9.17, 15) is 8.42 Å². The van der Waals surface area contributed by atoms with Crippen molar-refractivity contribution < 1.29 is 8.42 Å².